The molecule has 17 heavy (non-hydrogen) atoms. The van der Waals surface area contributed by atoms with Gasteiger partial charge in [0, 0.05) is 10.0 Å². The summed E-state index contributed by atoms with van der Waals surface area (Å²) in [4.78, 5) is 11.6. The molecule has 1 aliphatic heterocycles. The van der Waals surface area contributed by atoms with Crippen molar-refractivity contribution in [1.82, 2.24) is 0 Å². The number of ether oxygens (including phenoxy) is 2. The van der Waals surface area contributed by atoms with E-state index in [0.717, 1.165) is 4.47 Å². The van der Waals surface area contributed by atoms with Gasteiger partial charge < -0.3 is 14.6 Å². The van der Waals surface area contributed by atoms with Gasteiger partial charge in [0.25, 0.3) is 0 Å². The average Bonchev–Trinajstić information content (AvgIpc) is 2.29. The molecule has 2 rings (SSSR count). The number of hydrogen-bond acceptors (Lipinski definition) is 4. The molecule has 0 saturated heterocycles. The Morgan fingerprint density at radius 1 is 1.65 bits per heavy atom. The summed E-state index contributed by atoms with van der Waals surface area (Å²) in [6.45, 7) is 2.18. The van der Waals surface area contributed by atoms with E-state index < -0.39 is 18.0 Å². The van der Waals surface area contributed by atoms with Crippen LogP contribution in [-0.2, 0) is 9.53 Å². The van der Waals surface area contributed by atoms with Crippen LogP contribution in [0.1, 0.15) is 18.6 Å². The number of carbonyl (C=O) groups excluding carboxylic acids is 1. The second kappa shape index (κ2) is 5.06. The Hall–Kier alpha value is -1.07. The molecule has 1 aliphatic rings. The van der Waals surface area contributed by atoms with Crippen molar-refractivity contribution in [3.63, 3.8) is 0 Å². The molecule has 4 nitrogen and oxygen atoms in total. The van der Waals surface area contributed by atoms with E-state index in [1.165, 1.54) is 0 Å². The van der Waals surface area contributed by atoms with Gasteiger partial charge in [0.1, 0.15) is 18.3 Å². The molecule has 5 heteroatoms. The quantitative estimate of drug-likeness (QED) is 0.850. The summed E-state index contributed by atoms with van der Waals surface area (Å²) in [5.74, 6) is -0.468. The van der Waals surface area contributed by atoms with E-state index in [2.05, 4.69) is 15.9 Å². The van der Waals surface area contributed by atoms with Gasteiger partial charge in [-0.25, -0.2) is 0 Å². The summed E-state index contributed by atoms with van der Waals surface area (Å²) in [6.07, 6.45) is -0.870. The highest BCUT2D eigenvalue weighted by Gasteiger charge is 2.35. The lowest BCUT2D eigenvalue weighted by molar-refractivity contribution is -0.154. The molecule has 0 fully saturated rings. The van der Waals surface area contributed by atoms with E-state index in [4.69, 9.17) is 9.47 Å². The smallest absolute Gasteiger partial charge is 0.315 e. The Bertz CT molecular complexity index is 433. The number of aliphatic hydroxyl groups excluding tert-OH is 1. The summed E-state index contributed by atoms with van der Waals surface area (Å²) in [5, 5.41) is 10.1. The third kappa shape index (κ3) is 2.45. The lowest BCUT2D eigenvalue weighted by Crippen LogP contribution is -2.33. The van der Waals surface area contributed by atoms with Gasteiger partial charge in [0.05, 0.1) is 12.7 Å². The number of esters is 1. The van der Waals surface area contributed by atoms with Gasteiger partial charge in [-0.3, -0.25) is 4.79 Å². The fourth-order valence-corrected chi connectivity index (χ4v) is 2.15. The first-order valence-corrected chi connectivity index (χ1v) is 6.19. The number of fused-ring (bicyclic) bond motifs is 1. The number of halogens is 1. The average molecular weight is 301 g/mol. The zero-order valence-corrected chi connectivity index (χ0v) is 10.9. The lowest BCUT2D eigenvalue weighted by atomic mass is 9.93. The van der Waals surface area contributed by atoms with Crippen molar-refractivity contribution in [2.45, 2.75) is 13.0 Å². The zero-order valence-electron chi connectivity index (χ0n) is 9.35. The van der Waals surface area contributed by atoms with Gasteiger partial charge in [0.2, 0.25) is 0 Å². The number of hydrogen-bond donors (Lipinski definition) is 1. The molecule has 1 heterocycles. The molecular formula is C12H13BrO4. The molecule has 1 aromatic carbocycles. The van der Waals surface area contributed by atoms with E-state index in [9.17, 15) is 9.90 Å². The predicted octanol–water partition coefficient (Wildman–Crippen LogP) is 2.05. The van der Waals surface area contributed by atoms with Crippen LogP contribution >= 0.6 is 15.9 Å². The molecule has 1 aromatic rings. The fourth-order valence-electron chi connectivity index (χ4n) is 1.81. The standard InChI is InChI=1S/C12H13BrO4/c1-2-16-12(15)9-6-17-10-5-7(13)3-4-8(10)11(9)14/h3-5,9,11,14H,2,6H2,1H3. The number of aliphatic hydroxyl groups is 1. The van der Waals surface area contributed by atoms with Crippen LogP contribution in [0.15, 0.2) is 22.7 Å². The van der Waals surface area contributed by atoms with Crippen LogP contribution in [0.25, 0.3) is 0 Å². The van der Waals surface area contributed by atoms with Crippen LogP contribution < -0.4 is 4.74 Å². The molecule has 1 N–H and O–H groups in total. The number of carbonyl (C=O) groups is 1. The van der Waals surface area contributed by atoms with Crippen LogP contribution in [0, 0.1) is 5.92 Å². The normalized spacial score (nSPS) is 22.5. The Morgan fingerprint density at radius 3 is 3.12 bits per heavy atom. The summed E-state index contributed by atoms with van der Waals surface area (Å²) in [7, 11) is 0. The third-order valence-electron chi connectivity index (χ3n) is 2.68. The molecule has 2 atom stereocenters. The van der Waals surface area contributed by atoms with Gasteiger partial charge in [0.15, 0.2) is 0 Å². The largest absolute Gasteiger partial charge is 0.492 e. The molecule has 0 saturated carbocycles. The molecule has 0 spiro atoms. The van der Waals surface area contributed by atoms with Crippen LogP contribution in [-0.4, -0.2) is 24.3 Å². The second-order valence-electron chi connectivity index (χ2n) is 3.80. The summed E-state index contributed by atoms with van der Waals surface area (Å²) < 4.78 is 11.2. The highest BCUT2D eigenvalue weighted by atomic mass is 79.9. The second-order valence-corrected chi connectivity index (χ2v) is 4.71. The molecule has 0 aromatic heterocycles. The van der Waals surface area contributed by atoms with Crippen molar-refractivity contribution in [3.05, 3.63) is 28.2 Å². The van der Waals surface area contributed by atoms with Crippen molar-refractivity contribution < 1.29 is 19.4 Å². The molecular weight excluding hydrogens is 288 g/mol. The summed E-state index contributed by atoms with van der Waals surface area (Å²) in [6, 6.07) is 5.33. The SMILES string of the molecule is CCOC(=O)C1COc2cc(Br)ccc2C1O. The highest BCUT2D eigenvalue weighted by molar-refractivity contribution is 9.10. The summed E-state index contributed by atoms with van der Waals surface area (Å²) in [5.41, 5.74) is 0.623. The molecule has 0 radical (unpaired) electrons. The Balaban J connectivity index is 2.24. The predicted molar refractivity (Wildman–Crippen MR) is 64.7 cm³/mol. The van der Waals surface area contributed by atoms with Gasteiger partial charge >= 0.3 is 5.97 Å². The maximum absolute atomic E-state index is 11.6. The first kappa shape index (κ1) is 12.4. The van der Waals surface area contributed by atoms with E-state index in [1.54, 1.807) is 25.1 Å². The van der Waals surface area contributed by atoms with Gasteiger partial charge in [-0.2, -0.15) is 0 Å². The van der Waals surface area contributed by atoms with Gasteiger partial charge in [-0.15, -0.1) is 0 Å². The van der Waals surface area contributed by atoms with E-state index >= 15 is 0 Å². The molecule has 92 valence electrons. The zero-order chi connectivity index (χ0) is 12.4. The van der Waals surface area contributed by atoms with Crippen LogP contribution in [0.3, 0.4) is 0 Å². The maximum Gasteiger partial charge on any atom is 0.315 e. The third-order valence-corrected chi connectivity index (χ3v) is 3.18. The molecule has 0 amide bonds. The minimum absolute atomic E-state index is 0.142. The lowest BCUT2D eigenvalue weighted by Gasteiger charge is -2.28. The van der Waals surface area contributed by atoms with Crippen LogP contribution in [0.2, 0.25) is 0 Å². The van der Waals surface area contributed by atoms with Gasteiger partial charge in [-0.05, 0) is 19.1 Å². The van der Waals surface area contributed by atoms with Crippen LogP contribution in [0.5, 0.6) is 5.75 Å². The van der Waals surface area contributed by atoms with Gasteiger partial charge in [-0.1, -0.05) is 22.0 Å². The van der Waals surface area contributed by atoms with E-state index in [1.807, 2.05) is 0 Å². The van der Waals surface area contributed by atoms with E-state index in [-0.39, 0.29) is 6.61 Å². The Labute approximate surface area is 108 Å². The minimum Gasteiger partial charge on any atom is -0.492 e. The van der Waals surface area contributed by atoms with E-state index in [0.29, 0.717) is 17.9 Å². The van der Waals surface area contributed by atoms with Crippen LogP contribution in [0.4, 0.5) is 0 Å². The highest BCUT2D eigenvalue weighted by Crippen LogP contribution is 2.37. The minimum atomic E-state index is -0.870. The summed E-state index contributed by atoms with van der Waals surface area (Å²) >= 11 is 3.33. The monoisotopic (exact) mass is 300 g/mol. The molecule has 0 bridgehead atoms. The Morgan fingerprint density at radius 2 is 2.41 bits per heavy atom. The molecule has 2 unspecified atom stereocenters. The van der Waals surface area contributed by atoms with Crippen molar-refractivity contribution in [1.29, 1.82) is 0 Å². The number of rotatable bonds is 2. The maximum atomic E-state index is 11.6. The van der Waals surface area contributed by atoms with Crippen molar-refractivity contribution >= 4 is 21.9 Å². The topological polar surface area (TPSA) is 55.8 Å². The first-order valence-electron chi connectivity index (χ1n) is 5.40. The fraction of sp³-hybridized carbons (Fsp3) is 0.417. The van der Waals surface area contributed by atoms with Crippen molar-refractivity contribution in [3.8, 4) is 5.75 Å². The first-order chi connectivity index (χ1) is 8.13. The Kier molecular flexibility index (Phi) is 3.69. The molecule has 0 aliphatic carbocycles. The number of benzene rings is 1. The van der Waals surface area contributed by atoms with Crippen molar-refractivity contribution in [2.24, 2.45) is 5.92 Å². The van der Waals surface area contributed by atoms with Crippen molar-refractivity contribution in [2.75, 3.05) is 13.2 Å².